The average molecular weight is 224 g/mol. The minimum atomic E-state index is -0.0949. The van der Waals surface area contributed by atoms with E-state index in [4.69, 9.17) is 11.5 Å². The summed E-state index contributed by atoms with van der Waals surface area (Å²) < 4.78 is 0. The first-order valence-corrected chi connectivity index (χ1v) is 5.66. The van der Waals surface area contributed by atoms with E-state index < -0.39 is 0 Å². The Morgan fingerprint density at radius 1 is 1.00 bits per heavy atom. The van der Waals surface area contributed by atoms with Gasteiger partial charge in [0.25, 0.3) is 0 Å². The lowest BCUT2D eigenvalue weighted by Crippen LogP contribution is -2.03. The van der Waals surface area contributed by atoms with Crippen LogP contribution in [0.25, 0.3) is 0 Å². The van der Waals surface area contributed by atoms with Gasteiger partial charge in [-0.25, -0.2) is 0 Å². The van der Waals surface area contributed by atoms with Gasteiger partial charge in [-0.2, -0.15) is 0 Å². The minimum Gasteiger partial charge on any atom is -0.390 e. The summed E-state index contributed by atoms with van der Waals surface area (Å²) in [5, 5.41) is 4.68. The van der Waals surface area contributed by atoms with Crippen molar-refractivity contribution in [3.05, 3.63) is 34.0 Å². The minimum absolute atomic E-state index is 0.0949. The molecule has 0 spiro atoms. The van der Waals surface area contributed by atoms with Crippen LogP contribution in [0.15, 0.2) is 22.9 Å². The zero-order valence-electron chi connectivity index (χ0n) is 7.19. The van der Waals surface area contributed by atoms with Crippen LogP contribution in [0, 0.1) is 0 Å². The first-order valence-electron chi connectivity index (χ1n) is 3.91. The van der Waals surface area contributed by atoms with Crippen molar-refractivity contribution in [1.29, 1.82) is 0 Å². The largest absolute Gasteiger partial charge is 0.390 e. The molecule has 14 heavy (non-hydrogen) atoms. The molecule has 2 heterocycles. The van der Waals surface area contributed by atoms with Crippen LogP contribution >= 0.6 is 22.7 Å². The maximum atomic E-state index is 11.9. The van der Waals surface area contributed by atoms with E-state index in [1.54, 1.807) is 22.9 Å². The lowest BCUT2D eigenvalue weighted by Gasteiger charge is -1.97. The van der Waals surface area contributed by atoms with Crippen molar-refractivity contribution < 1.29 is 4.79 Å². The van der Waals surface area contributed by atoms with Gasteiger partial charge in [0.1, 0.15) is 0 Å². The van der Waals surface area contributed by atoms with Crippen LogP contribution in [0.3, 0.4) is 0 Å². The van der Waals surface area contributed by atoms with Gasteiger partial charge in [-0.15, -0.1) is 22.7 Å². The molecule has 0 bridgehead atoms. The standard InChI is InChI=1S/C9H8N2OS2/c10-8-5(1-3-13-8)7(12)6-2-4-14-9(6)11/h1-4H,10-11H2. The summed E-state index contributed by atoms with van der Waals surface area (Å²) in [6, 6.07) is 3.44. The molecule has 0 aliphatic rings. The van der Waals surface area contributed by atoms with Crippen molar-refractivity contribution in [2.45, 2.75) is 0 Å². The number of hydrogen-bond acceptors (Lipinski definition) is 5. The molecule has 2 aromatic heterocycles. The summed E-state index contributed by atoms with van der Waals surface area (Å²) in [6.07, 6.45) is 0. The zero-order chi connectivity index (χ0) is 10.1. The molecule has 0 aliphatic heterocycles. The molecule has 4 N–H and O–H groups in total. The monoisotopic (exact) mass is 224 g/mol. The van der Waals surface area contributed by atoms with Gasteiger partial charge >= 0.3 is 0 Å². The summed E-state index contributed by atoms with van der Waals surface area (Å²) >= 11 is 2.71. The van der Waals surface area contributed by atoms with E-state index >= 15 is 0 Å². The summed E-state index contributed by atoms with van der Waals surface area (Å²) in [7, 11) is 0. The Hall–Kier alpha value is -1.33. The topological polar surface area (TPSA) is 69.1 Å². The molecular formula is C9H8N2OS2. The number of rotatable bonds is 2. The van der Waals surface area contributed by atoms with Crippen LogP contribution in [-0.2, 0) is 0 Å². The SMILES string of the molecule is Nc1sccc1C(=O)c1ccsc1N. The fourth-order valence-corrected chi connectivity index (χ4v) is 2.44. The molecule has 2 aromatic rings. The number of anilines is 2. The van der Waals surface area contributed by atoms with Gasteiger partial charge in [0, 0.05) is 0 Å². The fourth-order valence-electron chi connectivity index (χ4n) is 1.16. The molecule has 0 amide bonds. The third-order valence-electron chi connectivity index (χ3n) is 1.88. The molecule has 0 atom stereocenters. The second-order valence-corrected chi connectivity index (χ2v) is 4.62. The molecule has 0 radical (unpaired) electrons. The molecule has 72 valence electrons. The zero-order valence-corrected chi connectivity index (χ0v) is 8.82. The van der Waals surface area contributed by atoms with Crippen LogP contribution in [0.2, 0.25) is 0 Å². The molecule has 0 unspecified atom stereocenters. The quantitative estimate of drug-likeness (QED) is 0.768. The fraction of sp³-hybridized carbons (Fsp3) is 0. The number of ketones is 1. The van der Waals surface area contributed by atoms with E-state index in [1.807, 2.05) is 0 Å². The van der Waals surface area contributed by atoms with E-state index in [0.717, 1.165) is 0 Å². The predicted molar refractivity (Wildman–Crippen MR) is 60.9 cm³/mol. The van der Waals surface area contributed by atoms with E-state index in [-0.39, 0.29) is 5.78 Å². The first kappa shape index (κ1) is 9.23. The highest BCUT2D eigenvalue weighted by Gasteiger charge is 2.16. The Morgan fingerprint density at radius 2 is 1.43 bits per heavy atom. The van der Waals surface area contributed by atoms with Gasteiger partial charge in [-0.3, -0.25) is 4.79 Å². The van der Waals surface area contributed by atoms with Crippen molar-refractivity contribution in [2.24, 2.45) is 0 Å². The highest BCUT2D eigenvalue weighted by atomic mass is 32.1. The summed E-state index contributed by atoms with van der Waals surface area (Å²) in [5.74, 6) is -0.0949. The van der Waals surface area contributed by atoms with Gasteiger partial charge in [-0.05, 0) is 22.9 Å². The number of carbonyl (C=O) groups is 1. The maximum absolute atomic E-state index is 11.9. The van der Waals surface area contributed by atoms with Crippen LogP contribution in [0.1, 0.15) is 15.9 Å². The number of nitrogen functional groups attached to an aromatic ring is 2. The molecule has 3 nitrogen and oxygen atoms in total. The average Bonchev–Trinajstić information content (AvgIpc) is 2.73. The van der Waals surface area contributed by atoms with E-state index in [1.165, 1.54) is 22.7 Å². The molecule has 0 saturated carbocycles. The Morgan fingerprint density at radius 3 is 1.71 bits per heavy atom. The maximum Gasteiger partial charge on any atom is 0.198 e. The van der Waals surface area contributed by atoms with Gasteiger partial charge < -0.3 is 11.5 Å². The van der Waals surface area contributed by atoms with Crippen molar-refractivity contribution in [2.75, 3.05) is 11.5 Å². The van der Waals surface area contributed by atoms with E-state index in [2.05, 4.69) is 0 Å². The summed E-state index contributed by atoms with van der Waals surface area (Å²) in [4.78, 5) is 11.9. The highest BCUT2D eigenvalue weighted by Crippen LogP contribution is 2.27. The lowest BCUT2D eigenvalue weighted by molar-refractivity contribution is 0.104. The van der Waals surface area contributed by atoms with Crippen molar-refractivity contribution in [3.8, 4) is 0 Å². The van der Waals surface area contributed by atoms with E-state index in [9.17, 15) is 4.79 Å². The van der Waals surface area contributed by atoms with Crippen LogP contribution in [-0.4, -0.2) is 5.78 Å². The van der Waals surface area contributed by atoms with Gasteiger partial charge in [-0.1, -0.05) is 0 Å². The smallest absolute Gasteiger partial charge is 0.198 e. The number of thiophene rings is 2. The molecule has 0 aliphatic carbocycles. The molecule has 0 aromatic carbocycles. The summed E-state index contributed by atoms with van der Waals surface area (Å²) in [6.45, 7) is 0. The second-order valence-electron chi connectivity index (χ2n) is 2.73. The van der Waals surface area contributed by atoms with Crippen LogP contribution in [0.4, 0.5) is 10.0 Å². The van der Waals surface area contributed by atoms with Crippen LogP contribution < -0.4 is 11.5 Å². The third kappa shape index (κ3) is 1.40. The highest BCUT2D eigenvalue weighted by molar-refractivity contribution is 7.15. The molecular weight excluding hydrogens is 216 g/mol. The molecule has 0 saturated heterocycles. The van der Waals surface area contributed by atoms with Gasteiger partial charge in [0.05, 0.1) is 21.1 Å². The van der Waals surface area contributed by atoms with E-state index in [0.29, 0.717) is 21.1 Å². The normalized spacial score (nSPS) is 10.3. The lowest BCUT2D eigenvalue weighted by atomic mass is 10.1. The Bertz CT molecular complexity index is 430. The van der Waals surface area contributed by atoms with Crippen molar-refractivity contribution in [3.63, 3.8) is 0 Å². The predicted octanol–water partition coefficient (Wildman–Crippen LogP) is 2.21. The molecule has 5 heteroatoms. The Labute approximate surface area is 89.0 Å². The number of carbonyl (C=O) groups excluding carboxylic acids is 1. The first-order chi connectivity index (χ1) is 6.70. The number of nitrogens with two attached hydrogens (primary N) is 2. The summed E-state index contributed by atoms with van der Waals surface area (Å²) in [5.41, 5.74) is 12.4. The third-order valence-corrected chi connectivity index (χ3v) is 3.37. The Balaban J connectivity index is 2.44. The van der Waals surface area contributed by atoms with Crippen LogP contribution in [0.5, 0.6) is 0 Å². The Kier molecular flexibility index (Phi) is 2.26. The van der Waals surface area contributed by atoms with Crippen molar-refractivity contribution in [1.82, 2.24) is 0 Å². The van der Waals surface area contributed by atoms with Gasteiger partial charge in [0.15, 0.2) is 5.78 Å². The van der Waals surface area contributed by atoms with Crippen molar-refractivity contribution >= 4 is 38.5 Å². The number of hydrogen-bond donors (Lipinski definition) is 2. The molecule has 2 rings (SSSR count). The van der Waals surface area contributed by atoms with Gasteiger partial charge in [0.2, 0.25) is 0 Å². The molecule has 0 fully saturated rings. The second kappa shape index (κ2) is 3.43.